The van der Waals surface area contributed by atoms with Crippen LogP contribution in [0.5, 0.6) is 0 Å². The van der Waals surface area contributed by atoms with Crippen LogP contribution in [0, 0.1) is 0 Å². The second-order valence-electron chi connectivity index (χ2n) is 17.6. The second-order valence-corrected chi connectivity index (χ2v) is 18.1. The normalized spacial score (nSPS) is 16.2. The third-order valence-electron chi connectivity index (χ3n) is 13.9. The van der Waals surface area contributed by atoms with E-state index in [1.807, 2.05) is 0 Å². The van der Waals surface area contributed by atoms with Gasteiger partial charge in [0.05, 0.1) is 0 Å². The zero-order chi connectivity index (χ0) is 41.7. The molecule has 1 atom stereocenters. The lowest BCUT2D eigenvalue weighted by atomic mass is 9.71. The van der Waals surface area contributed by atoms with Gasteiger partial charge in [-0.2, -0.15) is 0 Å². The molecule has 1 unspecified atom stereocenters. The van der Waals surface area contributed by atoms with Gasteiger partial charge in [-0.3, -0.25) is 0 Å². The molecule has 0 radical (unpaired) electrons. The molecule has 62 heavy (non-hydrogen) atoms. The molecule has 0 fully saturated rings. The summed E-state index contributed by atoms with van der Waals surface area (Å²) in [6.45, 7) is 7.15. The van der Waals surface area contributed by atoms with Crippen molar-refractivity contribution in [3.63, 3.8) is 0 Å². The average Bonchev–Trinajstić information content (AvgIpc) is 3.70. The number of hydrogen-bond acceptors (Lipinski definition) is 2. The molecule has 0 amide bonds. The Kier molecular flexibility index (Phi) is 8.10. The zero-order valence-corrected chi connectivity index (χ0v) is 35.7. The summed E-state index contributed by atoms with van der Waals surface area (Å²) in [5.74, 6) is 0. The van der Waals surface area contributed by atoms with Crippen LogP contribution >= 0.6 is 11.6 Å². The van der Waals surface area contributed by atoms with Gasteiger partial charge in [0.25, 0.3) is 0 Å². The summed E-state index contributed by atoms with van der Waals surface area (Å²) in [6, 6.07) is 76.0. The van der Waals surface area contributed by atoms with Crippen LogP contribution in [0.2, 0.25) is 5.02 Å². The van der Waals surface area contributed by atoms with Crippen LogP contribution in [0.4, 0.5) is 34.1 Å². The molecule has 9 aromatic carbocycles. The number of rotatable bonds is 4. The van der Waals surface area contributed by atoms with E-state index in [1.165, 1.54) is 72.3 Å². The molecule has 1 aliphatic heterocycles. The van der Waals surface area contributed by atoms with Crippen molar-refractivity contribution < 1.29 is 0 Å². The molecule has 12 rings (SSSR count). The Morgan fingerprint density at radius 3 is 1.35 bits per heavy atom. The number of fused-ring (bicyclic) bond motifs is 12. The van der Waals surface area contributed by atoms with Gasteiger partial charge in [0.2, 0.25) is 0 Å². The Bertz CT molecular complexity index is 3240. The van der Waals surface area contributed by atoms with E-state index >= 15 is 0 Å². The minimum absolute atomic E-state index is 0.168. The molecule has 3 heteroatoms. The van der Waals surface area contributed by atoms with Gasteiger partial charge in [0.15, 0.2) is 0 Å². The van der Waals surface area contributed by atoms with Crippen LogP contribution in [-0.2, 0) is 10.8 Å². The van der Waals surface area contributed by atoms with E-state index in [4.69, 9.17) is 11.6 Å². The Balaban J connectivity index is 1.16. The fourth-order valence-corrected chi connectivity index (χ4v) is 11.1. The van der Waals surface area contributed by atoms with Gasteiger partial charge >= 0.3 is 0 Å². The van der Waals surface area contributed by atoms with Crippen molar-refractivity contribution in [3.8, 4) is 44.5 Å². The second kappa shape index (κ2) is 13.7. The fraction of sp³-hybridized carbons (Fsp3) is 0.0847. The molecule has 2 aliphatic carbocycles. The van der Waals surface area contributed by atoms with Crippen LogP contribution in [0.1, 0.15) is 48.6 Å². The number of nitrogens with zero attached hydrogens (tertiary/aromatic N) is 2. The van der Waals surface area contributed by atoms with Crippen molar-refractivity contribution in [1.82, 2.24) is 0 Å². The first-order chi connectivity index (χ1) is 30.3. The van der Waals surface area contributed by atoms with E-state index in [0.29, 0.717) is 5.02 Å². The van der Waals surface area contributed by atoms with Crippen LogP contribution in [0.25, 0.3) is 44.5 Å². The highest BCUT2D eigenvalue weighted by molar-refractivity contribution is 6.31. The van der Waals surface area contributed by atoms with E-state index < -0.39 is 5.41 Å². The van der Waals surface area contributed by atoms with Gasteiger partial charge in [0, 0.05) is 50.0 Å². The molecule has 6 bridgehead atoms. The molecule has 0 saturated carbocycles. The first kappa shape index (κ1) is 36.7. The van der Waals surface area contributed by atoms with Gasteiger partial charge < -0.3 is 9.80 Å². The van der Waals surface area contributed by atoms with Crippen LogP contribution in [-0.4, -0.2) is 0 Å². The molecule has 0 N–H and O–H groups in total. The van der Waals surface area contributed by atoms with Crippen molar-refractivity contribution in [2.24, 2.45) is 0 Å². The lowest BCUT2D eigenvalue weighted by Gasteiger charge is -2.36. The molecule has 1 heterocycles. The number of halogens is 1. The average molecular weight is 815 g/mol. The van der Waals surface area contributed by atoms with E-state index in [2.05, 4.69) is 237 Å². The predicted octanol–water partition coefficient (Wildman–Crippen LogP) is 16.6. The Morgan fingerprint density at radius 1 is 0.306 bits per heavy atom. The predicted molar refractivity (Wildman–Crippen MR) is 260 cm³/mol. The number of anilines is 6. The maximum atomic E-state index is 7.33. The third-order valence-corrected chi connectivity index (χ3v) is 14.1. The molecule has 3 aliphatic rings. The quantitative estimate of drug-likeness (QED) is 0.175. The Hall–Kier alpha value is -7.13. The third kappa shape index (κ3) is 5.43. The van der Waals surface area contributed by atoms with E-state index in [1.54, 1.807) is 0 Å². The fourth-order valence-electron chi connectivity index (χ4n) is 10.8. The standard InChI is InChI=1S/C59H43ClN2/c1-58(2)53-20-12-10-18-49(53)51-30-27-43(35-55(51)58)62-45-26-29-48(40-16-8-5-9-17-40)56(36-45)59(3)54-21-13-11-19-50(54)52-31-28-44(37-57(52)59)61(46-32-41(60)33-47(62)34-46)42-24-22-39(23-25-42)38-14-6-4-7-15-38/h4-37H,1-3H3. The SMILES string of the molecule is CC1(C)c2ccccc2-c2ccc(N3c4cc(Cl)cc(c4)N(c4ccc(-c5ccccc5)cc4)c4ccc5c(c4)C(C)(c4cc3ccc4-c3ccccc3)c3ccccc3-5)cc21. The minimum Gasteiger partial charge on any atom is -0.310 e. The molecule has 9 aromatic rings. The van der Waals surface area contributed by atoms with Gasteiger partial charge in [-0.15, -0.1) is 0 Å². The smallest absolute Gasteiger partial charge is 0.0497 e. The summed E-state index contributed by atoms with van der Waals surface area (Å²) in [4.78, 5) is 4.80. The largest absolute Gasteiger partial charge is 0.310 e. The van der Waals surface area contributed by atoms with Crippen LogP contribution < -0.4 is 9.80 Å². The first-order valence-electron chi connectivity index (χ1n) is 21.5. The summed E-state index contributed by atoms with van der Waals surface area (Å²) in [5, 5.41) is 0.666. The lowest BCUT2D eigenvalue weighted by molar-refractivity contribution is 0.660. The van der Waals surface area contributed by atoms with Crippen LogP contribution in [0.15, 0.2) is 206 Å². The first-order valence-corrected chi connectivity index (χ1v) is 21.9. The molecule has 0 saturated heterocycles. The number of benzene rings is 9. The summed E-state index contributed by atoms with van der Waals surface area (Å²) in [6.07, 6.45) is 0. The lowest BCUT2D eigenvalue weighted by Crippen LogP contribution is -2.25. The van der Waals surface area contributed by atoms with Crippen molar-refractivity contribution in [1.29, 1.82) is 0 Å². The molecule has 2 nitrogen and oxygen atoms in total. The monoisotopic (exact) mass is 814 g/mol. The molecular formula is C59H43ClN2. The van der Waals surface area contributed by atoms with Gasteiger partial charge in [0.1, 0.15) is 0 Å². The van der Waals surface area contributed by atoms with Crippen molar-refractivity contribution >= 4 is 45.7 Å². The Morgan fingerprint density at radius 2 is 0.726 bits per heavy atom. The maximum Gasteiger partial charge on any atom is 0.0497 e. The topological polar surface area (TPSA) is 6.48 Å². The highest BCUT2D eigenvalue weighted by atomic mass is 35.5. The number of hydrogen-bond donors (Lipinski definition) is 0. The Labute approximate surface area is 369 Å². The summed E-state index contributed by atoms with van der Waals surface area (Å²) >= 11 is 7.33. The summed E-state index contributed by atoms with van der Waals surface area (Å²) < 4.78 is 0. The van der Waals surface area contributed by atoms with Gasteiger partial charge in [-0.1, -0.05) is 165 Å². The molecule has 296 valence electrons. The molecule has 0 spiro atoms. The van der Waals surface area contributed by atoms with Crippen LogP contribution in [0.3, 0.4) is 0 Å². The van der Waals surface area contributed by atoms with Gasteiger partial charge in [-0.05, 0) is 146 Å². The minimum atomic E-state index is -0.496. The maximum absolute atomic E-state index is 7.33. The van der Waals surface area contributed by atoms with Crippen molar-refractivity contribution in [3.05, 3.63) is 239 Å². The highest BCUT2D eigenvalue weighted by Gasteiger charge is 2.43. The zero-order valence-electron chi connectivity index (χ0n) is 34.9. The highest BCUT2D eigenvalue weighted by Crippen LogP contribution is 2.58. The summed E-state index contributed by atoms with van der Waals surface area (Å²) in [5.41, 5.74) is 22.0. The molecule has 0 aromatic heterocycles. The summed E-state index contributed by atoms with van der Waals surface area (Å²) in [7, 11) is 0. The van der Waals surface area contributed by atoms with E-state index in [0.717, 1.165) is 34.1 Å². The molecular weight excluding hydrogens is 772 g/mol. The van der Waals surface area contributed by atoms with Gasteiger partial charge in [-0.25, -0.2) is 0 Å². The van der Waals surface area contributed by atoms with E-state index in [-0.39, 0.29) is 5.41 Å². The van der Waals surface area contributed by atoms with E-state index in [9.17, 15) is 0 Å². The van der Waals surface area contributed by atoms with Crippen molar-refractivity contribution in [2.45, 2.75) is 31.6 Å². The van der Waals surface area contributed by atoms with Crippen molar-refractivity contribution in [2.75, 3.05) is 9.80 Å².